The number of hydrogen-bond acceptors (Lipinski definition) is 3. The van der Waals surface area contributed by atoms with Crippen LogP contribution < -0.4 is 4.74 Å². The number of hydrogen-bond donors (Lipinski definition) is 0. The van der Waals surface area contributed by atoms with Gasteiger partial charge in [-0.1, -0.05) is 84.0 Å². The molecule has 4 heteroatoms. The third-order valence-electron chi connectivity index (χ3n) is 5.70. The van der Waals surface area contributed by atoms with E-state index in [1.165, 1.54) is 63.8 Å². The first-order valence-corrected chi connectivity index (χ1v) is 16.2. The van der Waals surface area contributed by atoms with Crippen molar-refractivity contribution in [2.24, 2.45) is 0 Å². The van der Waals surface area contributed by atoms with E-state index < -0.39 is 8.07 Å². The Bertz CT molecular complexity index is 725. The molecule has 31 heavy (non-hydrogen) atoms. The van der Waals surface area contributed by atoms with Gasteiger partial charge in [-0.3, -0.25) is 0 Å². The van der Waals surface area contributed by atoms with Gasteiger partial charge in [0.25, 0.3) is 0 Å². The van der Waals surface area contributed by atoms with Gasteiger partial charge in [0, 0.05) is 25.5 Å². The minimum atomic E-state index is -0.876. The van der Waals surface area contributed by atoms with Crippen molar-refractivity contribution >= 4 is 8.07 Å². The largest absolute Gasteiger partial charge is 0.494 e. The summed E-state index contributed by atoms with van der Waals surface area (Å²) in [4.78, 5) is 9.28. The fourth-order valence-electron chi connectivity index (χ4n) is 3.76. The molecule has 0 bridgehead atoms. The van der Waals surface area contributed by atoms with Crippen molar-refractivity contribution in [2.45, 2.75) is 103 Å². The van der Waals surface area contributed by atoms with Crippen LogP contribution in [0, 0.1) is 0 Å². The van der Waals surface area contributed by atoms with E-state index in [4.69, 9.17) is 9.72 Å². The SMILES string of the molecule is CCCCCCCCOc1ccc(-c2nccc(CCCCCC[Si](C)(C)C)n2)cc1. The van der Waals surface area contributed by atoms with Gasteiger partial charge in [-0.2, -0.15) is 0 Å². The van der Waals surface area contributed by atoms with Gasteiger partial charge >= 0.3 is 0 Å². The van der Waals surface area contributed by atoms with Gasteiger partial charge in [-0.15, -0.1) is 0 Å². The van der Waals surface area contributed by atoms with Crippen LogP contribution in [-0.2, 0) is 6.42 Å². The molecule has 0 fully saturated rings. The molecule has 1 aromatic heterocycles. The Morgan fingerprint density at radius 1 is 0.774 bits per heavy atom. The first-order chi connectivity index (χ1) is 15.0. The van der Waals surface area contributed by atoms with Crippen molar-refractivity contribution in [3.63, 3.8) is 0 Å². The maximum atomic E-state index is 5.89. The van der Waals surface area contributed by atoms with E-state index in [0.717, 1.165) is 42.3 Å². The Balaban J connectivity index is 1.71. The zero-order valence-electron chi connectivity index (χ0n) is 20.5. The molecule has 3 nitrogen and oxygen atoms in total. The summed E-state index contributed by atoms with van der Waals surface area (Å²) >= 11 is 0. The molecule has 0 aliphatic rings. The summed E-state index contributed by atoms with van der Waals surface area (Å²) in [7, 11) is -0.876. The van der Waals surface area contributed by atoms with Gasteiger partial charge in [-0.05, 0) is 49.6 Å². The molecule has 0 aliphatic heterocycles. The number of nitrogens with zero attached hydrogens (tertiary/aromatic N) is 2. The molecule has 0 amide bonds. The predicted molar refractivity (Wildman–Crippen MR) is 137 cm³/mol. The van der Waals surface area contributed by atoms with Gasteiger partial charge in [0.05, 0.1) is 6.61 Å². The third-order valence-corrected chi connectivity index (χ3v) is 7.56. The van der Waals surface area contributed by atoms with E-state index in [-0.39, 0.29) is 0 Å². The topological polar surface area (TPSA) is 35.0 Å². The second-order valence-electron chi connectivity index (χ2n) is 9.99. The lowest BCUT2D eigenvalue weighted by atomic mass is 10.1. The summed E-state index contributed by atoms with van der Waals surface area (Å²) in [5, 5.41) is 0. The highest BCUT2D eigenvalue weighted by Gasteiger charge is 2.11. The number of aromatic nitrogens is 2. The Morgan fingerprint density at radius 3 is 2.19 bits per heavy atom. The lowest BCUT2D eigenvalue weighted by molar-refractivity contribution is 0.304. The van der Waals surface area contributed by atoms with Crippen molar-refractivity contribution in [1.82, 2.24) is 9.97 Å². The molecule has 0 spiro atoms. The van der Waals surface area contributed by atoms with Gasteiger partial charge < -0.3 is 4.74 Å². The van der Waals surface area contributed by atoms with E-state index in [1.54, 1.807) is 0 Å². The van der Waals surface area contributed by atoms with E-state index in [1.807, 2.05) is 18.3 Å². The Hall–Kier alpha value is -1.68. The highest BCUT2D eigenvalue weighted by atomic mass is 28.3. The lowest BCUT2D eigenvalue weighted by Crippen LogP contribution is -2.18. The normalized spacial score (nSPS) is 11.6. The van der Waals surface area contributed by atoms with Gasteiger partial charge in [0.2, 0.25) is 0 Å². The zero-order chi connectivity index (χ0) is 22.4. The molecule has 0 aliphatic carbocycles. The van der Waals surface area contributed by atoms with E-state index in [9.17, 15) is 0 Å². The summed E-state index contributed by atoms with van der Waals surface area (Å²) in [6.07, 6.45) is 15.9. The number of aryl methyl sites for hydroxylation is 1. The summed E-state index contributed by atoms with van der Waals surface area (Å²) in [6.45, 7) is 10.4. The molecule has 172 valence electrons. The first-order valence-electron chi connectivity index (χ1n) is 12.5. The summed E-state index contributed by atoms with van der Waals surface area (Å²) < 4.78 is 5.89. The second kappa shape index (κ2) is 14.4. The first kappa shape index (κ1) is 25.6. The second-order valence-corrected chi connectivity index (χ2v) is 15.6. The summed E-state index contributed by atoms with van der Waals surface area (Å²) in [5.74, 6) is 1.76. The third kappa shape index (κ3) is 11.5. The van der Waals surface area contributed by atoms with Gasteiger partial charge in [0.1, 0.15) is 5.75 Å². The van der Waals surface area contributed by atoms with Crippen LogP contribution >= 0.6 is 0 Å². The average molecular weight is 441 g/mol. The molecule has 2 rings (SSSR count). The minimum Gasteiger partial charge on any atom is -0.494 e. The van der Waals surface area contributed by atoms with Crippen molar-refractivity contribution < 1.29 is 4.74 Å². The Morgan fingerprint density at radius 2 is 1.45 bits per heavy atom. The van der Waals surface area contributed by atoms with Crippen molar-refractivity contribution in [1.29, 1.82) is 0 Å². The van der Waals surface area contributed by atoms with Crippen molar-refractivity contribution in [3.05, 3.63) is 42.2 Å². The maximum Gasteiger partial charge on any atom is 0.159 e. The van der Waals surface area contributed by atoms with Crippen LogP contribution in [0.5, 0.6) is 5.75 Å². The molecule has 0 radical (unpaired) electrons. The number of rotatable bonds is 16. The zero-order valence-corrected chi connectivity index (χ0v) is 21.5. The molecule has 0 N–H and O–H groups in total. The maximum absolute atomic E-state index is 5.89. The monoisotopic (exact) mass is 440 g/mol. The minimum absolute atomic E-state index is 0.801. The molecule has 0 unspecified atom stereocenters. The Labute approximate surface area is 192 Å². The fraction of sp³-hybridized carbons (Fsp3) is 0.630. The van der Waals surface area contributed by atoms with E-state index >= 15 is 0 Å². The highest BCUT2D eigenvalue weighted by molar-refractivity contribution is 6.76. The molecule has 2 aromatic rings. The molecule has 1 aromatic carbocycles. The van der Waals surface area contributed by atoms with Crippen molar-refractivity contribution in [2.75, 3.05) is 6.61 Å². The molecular formula is C27H44N2OSi. The predicted octanol–water partition coefficient (Wildman–Crippen LogP) is 8.32. The standard InChI is InChI=1S/C27H44N2OSi/c1-5-6-7-8-10-13-22-30-26-18-16-24(17-19-26)27-28-21-20-25(29-27)15-12-9-11-14-23-31(2,3)4/h16-21H,5-15,22-23H2,1-4H3. The van der Waals surface area contributed by atoms with Gasteiger partial charge in [-0.25, -0.2) is 9.97 Å². The van der Waals surface area contributed by atoms with Crippen LogP contribution in [0.4, 0.5) is 0 Å². The highest BCUT2D eigenvalue weighted by Crippen LogP contribution is 2.21. The van der Waals surface area contributed by atoms with Crippen LogP contribution in [0.1, 0.15) is 76.8 Å². The number of unbranched alkanes of at least 4 members (excludes halogenated alkanes) is 8. The quantitative estimate of drug-likeness (QED) is 0.194. The van der Waals surface area contributed by atoms with Crippen LogP contribution in [-0.4, -0.2) is 24.6 Å². The number of benzene rings is 1. The van der Waals surface area contributed by atoms with E-state index in [2.05, 4.69) is 49.7 Å². The Kier molecular flexibility index (Phi) is 11.9. The smallest absolute Gasteiger partial charge is 0.159 e. The van der Waals surface area contributed by atoms with Crippen LogP contribution in [0.3, 0.4) is 0 Å². The molecule has 0 saturated heterocycles. The van der Waals surface area contributed by atoms with Gasteiger partial charge in [0.15, 0.2) is 5.82 Å². The summed E-state index contributed by atoms with van der Waals surface area (Å²) in [5.41, 5.74) is 2.21. The van der Waals surface area contributed by atoms with E-state index in [0.29, 0.717) is 0 Å². The van der Waals surface area contributed by atoms with Crippen molar-refractivity contribution in [3.8, 4) is 17.1 Å². The summed E-state index contributed by atoms with van der Waals surface area (Å²) in [6, 6.07) is 11.7. The van der Waals surface area contributed by atoms with Crippen LogP contribution in [0.2, 0.25) is 25.7 Å². The average Bonchev–Trinajstić information content (AvgIpc) is 2.75. The molecule has 0 saturated carbocycles. The molecule has 0 atom stereocenters. The molecule has 1 heterocycles. The number of ether oxygens (including phenoxy) is 1. The lowest BCUT2D eigenvalue weighted by Gasteiger charge is -2.14. The van der Waals surface area contributed by atoms with Crippen LogP contribution in [0.15, 0.2) is 36.5 Å². The molecular weight excluding hydrogens is 396 g/mol. The van der Waals surface area contributed by atoms with Crippen LogP contribution in [0.25, 0.3) is 11.4 Å². The fourth-order valence-corrected chi connectivity index (χ4v) is 5.07.